The van der Waals surface area contributed by atoms with Crippen LogP contribution in [0.1, 0.15) is 34.5 Å². The van der Waals surface area contributed by atoms with Gasteiger partial charge in [-0.2, -0.15) is 0 Å². The topological polar surface area (TPSA) is 84.5 Å². The Morgan fingerprint density at radius 1 is 0.933 bits per heavy atom. The van der Waals surface area contributed by atoms with Crippen LogP contribution in [0.25, 0.3) is 10.1 Å². The highest BCUT2D eigenvalue weighted by molar-refractivity contribution is 7.21. The van der Waals surface area contributed by atoms with E-state index < -0.39 is 17.8 Å². The molecule has 2 amide bonds. The molecule has 156 valence electrons. The Balaban J connectivity index is 1.34. The van der Waals surface area contributed by atoms with Gasteiger partial charge in [0.2, 0.25) is 5.91 Å². The average Bonchev–Trinajstić information content (AvgIpc) is 3.11. The van der Waals surface area contributed by atoms with Gasteiger partial charge in [0, 0.05) is 16.5 Å². The van der Waals surface area contributed by atoms with Crippen LogP contribution in [0, 0.1) is 0 Å². The monoisotopic (exact) mass is 444 g/mol. The number of thiophene rings is 1. The van der Waals surface area contributed by atoms with Crippen molar-refractivity contribution >= 4 is 50.8 Å². The SMILES string of the molecule is O=C(CCC(=O)OCCCc1ccccc1)NNC(=O)c1sc2ccccc2c1Cl. The second kappa shape index (κ2) is 10.8. The molecule has 8 heteroatoms. The highest BCUT2D eigenvalue weighted by Gasteiger charge is 2.17. The van der Waals surface area contributed by atoms with Crippen LogP contribution in [0.5, 0.6) is 0 Å². The molecule has 30 heavy (non-hydrogen) atoms. The van der Waals surface area contributed by atoms with Gasteiger partial charge in [-0.1, -0.05) is 60.1 Å². The lowest BCUT2D eigenvalue weighted by Crippen LogP contribution is -2.41. The number of ether oxygens (including phenoxy) is 1. The molecule has 0 radical (unpaired) electrons. The lowest BCUT2D eigenvalue weighted by atomic mass is 10.1. The van der Waals surface area contributed by atoms with Crippen LogP contribution in [0.2, 0.25) is 5.02 Å². The molecule has 3 rings (SSSR count). The van der Waals surface area contributed by atoms with E-state index in [0.29, 0.717) is 22.9 Å². The summed E-state index contributed by atoms with van der Waals surface area (Å²) in [6, 6.07) is 17.3. The number of carbonyl (C=O) groups excluding carboxylic acids is 3. The molecule has 0 bridgehead atoms. The smallest absolute Gasteiger partial charge is 0.306 e. The van der Waals surface area contributed by atoms with Gasteiger partial charge < -0.3 is 4.74 Å². The summed E-state index contributed by atoms with van der Waals surface area (Å²) in [5.41, 5.74) is 5.81. The van der Waals surface area contributed by atoms with Gasteiger partial charge in [-0.3, -0.25) is 25.2 Å². The highest BCUT2D eigenvalue weighted by atomic mass is 35.5. The van der Waals surface area contributed by atoms with E-state index >= 15 is 0 Å². The number of benzene rings is 2. The van der Waals surface area contributed by atoms with Gasteiger partial charge in [0.1, 0.15) is 4.88 Å². The summed E-state index contributed by atoms with van der Waals surface area (Å²) in [4.78, 5) is 36.2. The van der Waals surface area contributed by atoms with Crippen molar-refractivity contribution in [3.63, 3.8) is 0 Å². The molecule has 1 aromatic heterocycles. The van der Waals surface area contributed by atoms with Crippen LogP contribution in [-0.4, -0.2) is 24.4 Å². The van der Waals surface area contributed by atoms with E-state index in [0.717, 1.165) is 16.5 Å². The van der Waals surface area contributed by atoms with Crippen molar-refractivity contribution in [2.45, 2.75) is 25.7 Å². The summed E-state index contributed by atoms with van der Waals surface area (Å²) in [5, 5.41) is 1.14. The first-order valence-electron chi connectivity index (χ1n) is 9.50. The van der Waals surface area contributed by atoms with E-state index in [1.165, 1.54) is 16.9 Å². The molecule has 3 aromatic rings. The molecule has 0 saturated carbocycles. The highest BCUT2D eigenvalue weighted by Crippen LogP contribution is 2.34. The molecular weight excluding hydrogens is 424 g/mol. The summed E-state index contributed by atoms with van der Waals surface area (Å²) in [6.07, 6.45) is 1.39. The molecule has 0 aliphatic rings. The number of hydrogen-bond donors (Lipinski definition) is 2. The second-order valence-electron chi connectivity index (χ2n) is 6.55. The van der Waals surface area contributed by atoms with E-state index in [-0.39, 0.29) is 12.8 Å². The Kier molecular flexibility index (Phi) is 7.82. The maximum atomic E-state index is 12.3. The minimum Gasteiger partial charge on any atom is -0.466 e. The first-order valence-corrected chi connectivity index (χ1v) is 10.7. The van der Waals surface area contributed by atoms with Crippen LogP contribution in [0.3, 0.4) is 0 Å². The third-order valence-electron chi connectivity index (χ3n) is 4.33. The van der Waals surface area contributed by atoms with Crippen molar-refractivity contribution < 1.29 is 19.1 Å². The lowest BCUT2D eigenvalue weighted by molar-refractivity contribution is -0.145. The summed E-state index contributed by atoms with van der Waals surface area (Å²) >= 11 is 7.49. The molecule has 0 atom stereocenters. The Labute approximate surface area is 183 Å². The van der Waals surface area contributed by atoms with Crippen molar-refractivity contribution in [3.8, 4) is 0 Å². The van der Waals surface area contributed by atoms with E-state index in [9.17, 15) is 14.4 Å². The molecule has 1 heterocycles. The van der Waals surface area contributed by atoms with Crippen molar-refractivity contribution in [1.82, 2.24) is 10.9 Å². The Morgan fingerprint density at radius 2 is 1.67 bits per heavy atom. The van der Waals surface area contributed by atoms with Crippen molar-refractivity contribution in [2.75, 3.05) is 6.61 Å². The molecule has 2 aromatic carbocycles. The molecule has 0 aliphatic heterocycles. The van der Waals surface area contributed by atoms with Crippen molar-refractivity contribution in [3.05, 3.63) is 70.1 Å². The molecule has 0 fully saturated rings. The maximum Gasteiger partial charge on any atom is 0.306 e. The van der Waals surface area contributed by atoms with Gasteiger partial charge in [-0.05, 0) is 24.5 Å². The molecule has 0 spiro atoms. The molecule has 0 unspecified atom stereocenters. The summed E-state index contributed by atoms with van der Waals surface area (Å²) < 4.78 is 6.02. The number of fused-ring (bicyclic) bond motifs is 1. The summed E-state index contributed by atoms with van der Waals surface area (Å²) in [7, 11) is 0. The Morgan fingerprint density at radius 3 is 2.43 bits per heavy atom. The number of halogens is 1. The zero-order valence-corrected chi connectivity index (χ0v) is 17.7. The Bertz CT molecular complexity index is 1040. The largest absolute Gasteiger partial charge is 0.466 e. The third-order valence-corrected chi connectivity index (χ3v) is 6.00. The standard InChI is InChI=1S/C22H21ClN2O4S/c23-20-16-10-4-5-11-17(16)30-21(20)22(28)25-24-18(26)12-13-19(27)29-14-6-9-15-7-2-1-3-8-15/h1-5,7-8,10-11H,6,9,12-14H2,(H,24,26)(H,25,28). The first-order chi connectivity index (χ1) is 14.5. The van der Waals surface area contributed by atoms with Gasteiger partial charge in [-0.15, -0.1) is 11.3 Å². The molecular formula is C22H21ClN2O4S. The summed E-state index contributed by atoms with van der Waals surface area (Å²) in [6.45, 7) is 0.302. The number of nitrogens with one attached hydrogen (secondary N) is 2. The van der Waals surface area contributed by atoms with Crippen LogP contribution in [0.15, 0.2) is 54.6 Å². The number of carbonyl (C=O) groups is 3. The summed E-state index contributed by atoms with van der Waals surface area (Å²) in [5.74, 6) is -1.43. The zero-order chi connectivity index (χ0) is 21.3. The number of rotatable bonds is 8. The molecule has 6 nitrogen and oxygen atoms in total. The molecule has 0 saturated heterocycles. The van der Waals surface area contributed by atoms with Crippen molar-refractivity contribution in [2.24, 2.45) is 0 Å². The van der Waals surface area contributed by atoms with E-state index in [2.05, 4.69) is 10.9 Å². The minimum absolute atomic E-state index is 0.0588. The molecule has 2 N–H and O–H groups in total. The number of hydrogen-bond acceptors (Lipinski definition) is 5. The normalized spacial score (nSPS) is 10.6. The predicted octanol–water partition coefficient (Wildman–Crippen LogP) is 4.27. The predicted molar refractivity (Wildman–Crippen MR) is 117 cm³/mol. The first kappa shape index (κ1) is 21.8. The fourth-order valence-electron chi connectivity index (χ4n) is 2.80. The number of amides is 2. The fraction of sp³-hybridized carbons (Fsp3) is 0.227. The van der Waals surface area contributed by atoms with Crippen molar-refractivity contribution in [1.29, 1.82) is 0 Å². The van der Waals surface area contributed by atoms with Crippen LogP contribution < -0.4 is 10.9 Å². The van der Waals surface area contributed by atoms with E-state index in [4.69, 9.17) is 16.3 Å². The zero-order valence-electron chi connectivity index (χ0n) is 16.2. The minimum atomic E-state index is -0.502. The van der Waals surface area contributed by atoms with Crippen LogP contribution >= 0.6 is 22.9 Å². The third kappa shape index (κ3) is 6.05. The van der Waals surface area contributed by atoms with Gasteiger partial charge >= 0.3 is 5.97 Å². The quantitative estimate of drug-likeness (QED) is 0.308. The second-order valence-corrected chi connectivity index (χ2v) is 7.98. The number of esters is 1. The number of hydrazine groups is 1. The average molecular weight is 445 g/mol. The fourth-order valence-corrected chi connectivity index (χ4v) is 4.21. The molecule has 0 aliphatic carbocycles. The van der Waals surface area contributed by atoms with Gasteiger partial charge in [-0.25, -0.2) is 0 Å². The van der Waals surface area contributed by atoms with Crippen LogP contribution in [0.4, 0.5) is 0 Å². The van der Waals surface area contributed by atoms with E-state index in [1.807, 2.05) is 54.6 Å². The maximum absolute atomic E-state index is 12.3. The van der Waals surface area contributed by atoms with Crippen LogP contribution in [-0.2, 0) is 20.7 Å². The lowest BCUT2D eigenvalue weighted by Gasteiger charge is -2.07. The van der Waals surface area contributed by atoms with Gasteiger partial charge in [0.15, 0.2) is 0 Å². The Hall–Kier alpha value is -2.90. The van der Waals surface area contributed by atoms with Gasteiger partial charge in [0.25, 0.3) is 5.91 Å². The number of aryl methyl sites for hydroxylation is 1. The van der Waals surface area contributed by atoms with E-state index in [1.54, 1.807) is 0 Å². The van der Waals surface area contributed by atoms with Gasteiger partial charge in [0.05, 0.1) is 18.1 Å².